The van der Waals surface area contributed by atoms with Gasteiger partial charge in [-0.15, -0.1) is 0 Å². The molecule has 1 saturated carbocycles. The molecule has 0 bridgehead atoms. The molecule has 3 rings (SSSR count). The molecule has 2 heterocycles. The minimum absolute atomic E-state index is 0.849. The largest absolute Gasteiger partial charge is 0.356 e. The molecule has 0 N–H and O–H groups in total. The standard InChI is InChI=1S/C12H16BrN3/c1-8-14-11(13)5-12(15-8)16-6-9-3-2-4-10(9)7-16/h5,9-10H,2-4,6-7H2,1H3. The number of aromatic nitrogens is 2. The highest BCUT2D eigenvalue weighted by atomic mass is 79.9. The molecule has 0 aromatic carbocycles. The van der Waals surface area contributed by atoms with Gasteiger partial charge in [-0.05, 0) is 47.5 Å². The third-order valence-electron chi connectivity index (χ3n) is 3.84. The number of fused-ring (bicyclic) bond motifs is 1. The van der Waals surface area contributed by atoms with Crippen molar-refractivity contribution in [3.8, 4) is 0 Å². The monoisotopic (exact) mass is 281 g/mol. The van der Waals surface area contributed by atoms with Crippen LogP contribution in [0, 0.1) is 18.8 Å². The summed E-state index contributed by atoms with van der Waals surface area (Å²) in [5, 5.41) is 0. The van der Waals surface area contributed by atoms with E-state index in [9.17, 15) is 0 Å². The molecule has 4 heteroatoms. The Hall–Kier alpha value is -0.640. The zero-order chi connectivity index (χ0) is 11.1. The van der Waals surface area contributed by atoms with Crippen LogP contribution in [0.15, 0.2) is 10.7 Å². The summed E-state index contributed by atoms with van der Waals surface area (Å²) in [7, 11) is 0. The second-order valence-electron chi connectivity index (χ2n) is 4.95. The number of anilines is 1. The second kappa shape index (κ2) is 3.99. The van der Waals surface area contributed by atoms with E-state index in [0.717, 1.165) is 28.1 Å². The molecule has 1 saturated heterocycles. The first-order valence-corrected chi connectivity index (χ1v) is 6.78. The highest BCUT2D eigenvalue weighted by Gasteiger charge is 2.36. The van der Waals surface area contributed by atoms with Gasteiger partial charge in [-0.2, -0.15) is 0 Å². The van der Waals surface area contributed by atoms with Gasteiger partial charge in [-0.3, -0.25) is 0 Å². The van der Waals surface area contributed by atoms with E-state index in [1.807, 2.05) is 13.0 Å². The van der Waals surface area contributed by atoms with E-state index >= 15 is 0 Å². The molecule has 1 aliphatic carbocycles. The van der Waals surface area contributed by atoms with E-state index < -0.39 is 0 Å². The normalized spacial score (nSPS) is 28.5. The van der Waals surface area contributed by atoms with Gasteiger partial charge in [0.25, 0.3) is 0 Å². The van der Waals surface area contributed by atoms with Gasteiger partial charge < -0.3 is 4.90 Å². The van der Waals surface area contributed by atoms with Crippen molar-refractivity contribution in [2.24, 2.45) is 11.8 Å². The maximum absolute atomic E-state index is 4.53. The van der Waals surface area contributed by atoms with E-state index in [1.165, 1.54) is 32.4 Å². The van der Waals surface area contributed by atoms with Crippen molar-refractivity contribution < 1.29 is 0 Å². The summed E-state index contributed by atoms with van der Waals surface area (Å²) in [5.41, 5.74) is 0. The van der Waals surface area contributed by atoms with Gasteiger partial charge in [0.2, 0.25) is 0 Å². The molecule has 16 heavy (non-hydrogen) atoms. The van der Waals surface area contributed by atoms with Crippen molar-refractivity contribution in [3.05, 3.63) is 16.5 Å². The van der Waals surface area contributed by atoms with Crippen LogP contribution in [0.5, 0.6) is 0 Å². The Bertz CT molecular complexity index is 375. The van der Waals surface area contributed by atoms with Crippen molar-refractivity contribution >= 4 is 21.7 Å². The minimum Gasteiger partial charge on any atom is -0.356 e. The van der Waals surface area contributed by atoms with Crippen LogP contribution >= 0.6 is 15.9 Å². The van der Waals surface area contributed by atoms with Gasteiger partial charge >= 0.3 is 0 Å². The summed E-state index contributed by atoms with van der Waals surface area (Å²) in [6, 6.07) is 2.04. The summed E-state index contributed by atoms with van der Waals surface area (Å²) < 4.78 is 0.895. The highest BCUT2D eigenvalue weighted by Crippen LogP contribution is 2.39. The van der Waals surface area contributed by atoms with Crippen LogP contribution in [0.1, 0.15) is 25.1 Å². The second-order valence-corrected chi connectivity index (χ2v) is 5.76. The smallest absolute Gasteiger partial charge is 0.133 e. The van der Waals surface area contributed by atoms with Crippen LogP contribution in [-0.2, 0) is 0 Å². The lowest BCUT2D eigenvalue weighted by molar-refractivity contribution is 0.494. The molecule has 2 atom stereocenters. The lowest BCUT2D eigenvalue weighted by Crippen LogP contribution is -2.22. The van der Waals surface area contributed by atoms with Gasteiger partial charge in [-0.25, -0.2) is 9.97 Å². The molecular weight excluding hydrogens is 266 g/mol. The van der Waals surface area contributed by atoms with Crippen LogP contribution in [0.25, 0.3) is 0 Å². The van der Waals surface area contributed by atoms with E-state index in [1.54, 1.807) is 0 Å². The Morgan fingerprint density at radius 3 is 2.56 bits per heavy atom. The van der Waals surface area contributed by atoms with E-state index in [-0.39, 0.29) is 0 Å². The molecule has 1 aliphatic heterocycles. The zero-order valence-corrected chi connectivity index (χ0v) is 11.1. The average Bonchev–Trinajstić information content (AvgIpc) is 2.74. The lowest BCUT2D eigenvalue weighted by Gasteiger charge is -2.18. The van der Waals surface area contributed by atoms with E-state index in [2.05, 4.69) is 30.8 Å². The molecule has 2 unspecified atom stereocenters. The third-order valence-corrected chi connectivity index (χ3v) is 4.25. The molecule has 1 aromatic rings. The van der Waals surface area contributed by atoms with Gasteiger partial charge in [-0.1, -0.05) is 6.42 Å². The first-order valence-electron chi connectivity index (χ1n) is 5.98. The molecule has 2 aliphatic rings. The molecule has 3 nitrogen and oxygen atoms in total. The summed E-state index contributed by atoms with van der Waals surface area (Å²) in [5.74, 6) is 3.76. The maximum Gasteiger partial charge on any atom is 0.133 e. The Kier molecular flexibility index (Phi) is 2.62. The van der Waals surface area contributed by atoms with Crippen molar-refractivity contribution in [1.29, 1.82) is 0 Å². The molecule has 0 radical (unpaired) electrons. The molecule has 2 fully saturated rings. The van der Waals surface area contributed by atoms with Gasteiger partial charge in [0, 0.05) is 19.2 Å². The lowest BCUT2D eigenvalue weighted by atomic mass is 10.0. The van der Waals surface area contributed by atoms with Gasteiger partial charge in [0.05, 0.1) is 0 Å². The Morgan fingerprint density at radius 1 is 1.25 bits per heavy atom. The van der Waals surface area contributed by atoms with E-state index in [4.69, 9.17) is 0 Å². The summed E-state index contributed by atoms with van der Waals surface area (Å²) in [6.07, 6.45) is 4.24. The van der Waals surface area contributed by atoms with Gasteiger partial charge in [0.15, 0.2) is 0 Å². The average molecular weight is 282 g/mol. The summed E-state index contributed by atoms with van der Waals surface area (Å²) in [6.45, 7) is 4.33. The topological polar surface area (TPSA) is 29.0 Å². The third kappa shape index (κ3) is 1.83. The van der Waals surface area contributed by atoms with Crippen molar-refractivity contribution in [1.82, 2.24) is 9.97 Å². The highest BCUT2D eigenvalue weighted by molar-refractivity contribution is 9.10. The quantitative estimate of drug-likeness (QED) is 0.742. The predicted octanol–water partition coefficient (Wildman–Crippen LogP) is 2.78. The van der Waals surface area contributed by atoms with Crippen LogP contribution in [0.2, 0.25) is 0 Å². The minimum atomic E-state index is 0.849. The number of rotatable bonds is 1. The molecule has 0 spiro atoms. The Morgan fingerprint density at radius 2 is 1.94 bits per heavy atom. The van der Waals surface area contributed by atoms with Crippen molar-refractivity contribution in [3.63, 3.8) is 0 Å². The summed E-state index contributed by atoms with van der Waals surface area (Å²) in [4.78, 5) is 11.2. The van der Waals surface area contributed by atoms with Crippen LogP contribution in [0.4, 0.5) is 5.82 Å². The predicted molar refractivity (Wildman–Crippen MR) is 67.5 cm³/mol. The summed E-state index contributed by atoms with van der Waals surface area (Å²) >= 11 is 3.44. The fourth-order valence-corrected chi connectivity index (χ4v) is 3.56. The van der Waals surface area contributed by atoms with Gasteiger partial charge in [0.1, 0.15) is 16.2 Å². The Labute approximate surface area is 104 Å². The zero-order valence-electron chi connectivity index (χ0n) is 9.49. The number of hydrogen-bond donors (Lipinski definition) is 0. The number of aryl methyl sites for hydroxylation is 1. The first-order chi connectivity index (χ1) is 7.72. The fourth-order valence-electron chi connectivity index (χ4n) is 3.10. The van der Waals surface area contributed by atoms with Crippen molar-refractivity contribution in [2.45, 2.75) is 26.2 Å². The molecule has 1 aromatic heterocycles. The molecular formula is C12H16BrN3. The van der Waals surface area contributed by atoms with Crippen LogP contribution in [-0.4, -0.2) is 23.1 Å². The van der Waals surface area contributed by atoms with Crippen molar-refractivity contribution in [2.75, 3.05) is 18.0 Å². The molecule has 0 amide bonds. The number of nitrogens with zero attached hydrogens (tertiary/aromatic N) is 3. The number of halogens is 1. The van der Waals surface area contributed by atoms with E-state index in [0.29, 0.717) is 0 Å². The number of hydrogen-bond acceptors (Lipinski definition) is 3. The fraction of sp³-hybridized carbons (Fsp3) is 0.667. The SMILES string of the molecule is Cc1nc(Br)cc(N2CC3CCCC3C2)n1. The first kappa shape index (κ1) is 10.5. The molecule has 86 valence electrons. The van der Waals surface area contributed by atoms with Crippen LogP contribution < -0.4 is 4.90 Å². The maximum atomic E-state index is 4.53. The Balaban J connectivity index is 1.83. The van der Waals surface area contributed by atoms with Crippen LogP contribution in [0.3, 0.4) is 0 Å².